The third kappa shape index (κ3) is 3.68. The van der Waals surface area contributed by atoms with Crippen molar-refractivity contribution in [2.45, 2.75) is 6.92 Å². The number of hydrogen-bond donors (Lipinski definition) is 1. The summed E-state index contributed by atoms with van der Waals surface area (Å²) in [5, 5.41) is 3.49. The zero-order valence-corrected chi connectivity index (χ0v) is 9.82. The third-order valence-corrected chi connectivity index (χ3v) is 2.33. The van der Waals surface area contributed by atoms with Crippen LogP contribution in [0.15, 0.2) is 5.11 Å². The van der Waals surface area contributed by atoms with Gasteiger partial charge in [0, 0.05) is 4.91 Å². The second-order valence-electron chi connectivity index (χ2n) is 2.64. The Bertz CT molecular complexity index is 521. The predicted molar refractivity (Wildman–Crippen MR) is 63.4 cm³/mol. The number of anilines is 1. The molecular formula is C9H9N5O2S. The summed E-state index contributed by atoms with van der Waals surface area (Å²) in [5.41, 5.74) is 13.7. The van der Waals surface area contributed by atoms with Crippen LogP contribution in [0.3, 0.4) is 0 Å². The number of esters is 1. The van der Waals surface area contributed by atoms with Gasteiger partial charge in [0.2, 0.25) is 0 Å². The van der Waals surface area contributed by atoms with E-state index in [1.165, 1.54) is 0 Å². The standard InChI is InChI=1S/C9H9N5O2S/c1-2-16-8(15)7-6(17-9(10)13-7)4-3-5-12-14-11/h2,5H2,1H3,(H2,10,13). The van der Waals surface area contributed by atoms with Crippen LogP contribution in [0.1, 0.15) is 22.3 Å². The van der Waals surface area contributed by atoms with Crippen LogP contribution in [0.25, 0.3) is 10.4 Å². The molecule has 17 heavy (non-hydrogen) atoms. The molecule has 0 radical (unpaired) electrons. The molecule has 88 valence electrons. The highest BCUT2D eigenvalue weighted by Gasteiger charge is 2.16. The van der Waals surface area contributed by atoms with Crippen molar-refractivity contribution in [1.29, 1.82) is 0 Å². The van der Waals surface area contributed by atoms with Gasteiger partial charge in [0.25, 0.3) is 0 Å². The van der Waals surface area contributed by atoms with Crippen molar-refractivity contribution >= 4 is 22.4 Å². The van der Waals surface area contributed by atoms with Gasteiger partial charge in [-0.1, -0.05) is 28.3 Å². The molecule has 0 saturated carbocycles. The number of nitrogens with zero attached hydrogens (tertiary/aromatic N) is 4. The summed E-state index contributed by atoms with van der Waals surface area (Å²) in [4.78, 5) is 18.3. The Morgan fingerprint density at radius 2 is 2.53 bits per heavy atom. The summed E-state index contributed by atoms with van der Waals surface area (Å²) in [5.74, 6) is 4.70. The normalized spacial score (nSPS) is 8.76. The molecule has 0 aliphatic carbocycles. The molecule has 7 nitrogen and oxygen atoms in total. The molecule has 8 heteroatoms. The smallest absolute Gasteiger partial charge is 0.359 e. The Balaban J connectivity index is 2.93. The molecule has 2 N–H and O–H groups in total. The lowest BCUT2D eigenvalue weighted by Crippen LogP contribution is -2.06. The average Bonchev–Trinajstić information content (AvgIpc) is 2.66. The minimum Gasteiger partial charge on any atom is -0.461 e. The van der Waals surface area contributed by atoms with Crippen LogP contribution in [0.4, 0.5) is 5.13 Å². The lowest BCUT2D eigenvalue weighted by Gasteiger charge is -1.97. The maximum absolute atomic E-state index is 11.5. The maximum atomic E-state index is 11.5. The van der Waals surface area contributed by atoms with E-state index in [1.54, 1.807) is 6.92 Å². The number of nitrogen functional groups attached to an aromatic ring is 1. The van der Waals surface area contributed by atoms with Crippen molar-refractivity contribution in [2.24, 2.45) is 5.11 Å². The highest BCUT2D eigenvalue weighted by Crippen LogP contribution is 2.20. The molecule has 0 unspecified atom stereocenters. The number of nitrogens with two attached hydrogens (primary N) is 1. The van der Waals surface area contributed by atoms with Crippen LogP contribution in [0.2, 0.25) is 0 Å². The molecule has 1 rings (SSSR count). The van der Waals surface area contributed by atoms with Crippen molar-refractivity contribution in [3.63, 3.8) is 0 Å². The Hall–Kier alpha value is -2.23. The molecule has 0 aliphatic heterocycles. The highest BCUT2D eigenvalue weighted by molar-refractivity contribution is 7.16. The van der Waals surface area contributed by atoms with Gasteiger partial charge in [-0.15, -0.1) is 0 Å². The summed E-state index contributed by atoms with van der Waals surface area (Å²) in [7, 11) is 0. The molecule has 0 aliphatic rings. The Morgan fingerprint density at radius 1 is 1.76 bits per heavy atom. The van der Waals surface area contributed by atoms with Crippen molar-refractivity contribution in [2.75, 3.05) is 18.9 Å². The number of rotatable bonds is 3. The molecule has 1 aromatic heterocycles. The van der Waals surface area contributed by atoms with E-state index in [-0.39, 0.29) is 24.0 Å². The van der Waals surface area contributed by atoms with Gasteiger partial charge in [-0.2, -0.15) is 0 Å². The predicted octanol–water partition coefficient (Wildman–Crippen LogP) is 1.56. The van der Waals surface area contributed by atoms with E-state index in [1.807, 2.05) is 0 Å². The molecule has 1 heterocycles. The Morgan fingerprint density at radius 3 is 3.18 bits per heavy atom. The minimum atomic E-state index is -0.562. The van der Waals surface area contributed by atoms with Crippen LogP contribution in [0.5, 0.6) is 0 Å². The van der Waals surface area contributed by atoms with Gasteiger partial charge in [-0.05, 0) is 12.5 Å². The van der Waals surface area contributed by atoms with Crippen molar-refractivity contribution in [1.82, 2.24) is 4.98 Å². The van der Waals surface area contributed by atoms with E-state index >= 15 is 0 Å². The van der Waals surface area contributed by atoms with Gasteiger partial charge in [0.15, 0.2) is 10.8 Å². The quantitative estimate of drug-likeness (QED) is 0.288. The number of thiazole rings is 1. The number of carbonyl (C=O) groups is 1. The van der Waals surface area contributed by atoms with Gasteiger partial charge in [-0.3, -0.25) is 0 Å². The second kappa shape index (κ2) is 6.37. The first-order valence-electron chi connectivity index (χ1n) is 4.62. The fraction of sp³-hybridized carbons (Fsp3) is 0.333. The van der Waals surface area contributed by atoms with Crippen molar-refractivity contribution in [3.8, 4) is 11.8 Å². The molecule has 0 fully saturated rings. The van der Waals surface area contributed by atoms with Crippen LogP contribution >= 0.6 is 11.3 Å². The lowest BCUT2D eigenvalue weighted by molar-refractivity contribution is 0.0520. The molecule has 0 bridgehead atoms. The Kier molecular flexibility index (Phi) is 4.81. The van der Waals surface area contributed by atoms with Gasteiger partial charge in [-0.25, -0.2) is 9.78 Å². The third-order valence-electron chi connectivity index (χ3n) is 1.53. The van der Waals surface area contributed by atoms with Gasteiger partial charge < -0.3 is 10.5 Å². The minimum absolute atomic E-state index is 0.0244. The molecule has 0 aromatic carbocycles. The molecule has 0 saturated heterocycles. The first-order valence-corrected chi connectivity index (χ1v) is 5.43. The number of azide groups is 1. The fourth-order valence-electron chi connectivity index (χ4n) is 0.946. The van der Waals surface area contributed by atoms with Crippen LogP contribution in [-0.4, -0.2) is 24.1 Å². The second-order valence-corrected chi connectivity index (χ2v) is 3.67. The van der Waals surface area contributed by atoms with E-state index in [0.717, 1.165) is 11.3 Å². The molecule has 1 aromatic rings. The van der Waals surface area contributed by atoms with E-state index in [2.05, 4.69) is 26.9 Å². The van der Waals surface area contributed by atoms with E-state index in [9.17, 15) is 4.79 Å². The van der Waals surface area contributed by atoms with E-state index in [4.69, 9.17) is 16.0 Å². The summed E-state index contributed by atoms with van der Waals surface area (Å²) in [6.45, 7) is 1.97. The zero-order valence-electron chi connectivity index (χ0n) is 9.01. The molecule has 0 spiro atoms. The van der Waals surface area contributed by atoms with Crippen LogP contribution in [-0.2, 0) is 4.74 Å². The van der Waals surface area contributed by atoms with Gasteiger partial charge in [0.1, 0.15) is 4.88 Å². The number of carbonyl (C=O) groups excluding carboxylic acids is 1. The fourth-order valence-corrected chi connectivity index (χ4v) is 1.64. The first-order chi connectivity index (χ1) is 8.19. The number of ether oxygens (including phenoxy) is 1. The zero-order chi connectivity index (χ0) is 12.7. The summed E-state index contributed by atoms with van der Waals surface area (Å²) in [6.07, 6.45) is 0. The SMILES string of the molecule is CCOC(=O)c1nc(N)sc1C#CCN=[N+]=[N-]. The summed E-state index contributed by atoms with van der Waals surface area (Å²) < 4.78 is 4.81. The van der Waals surface area contributed by atoms with E-state index in [0.29, 0.717) is 4.88 Å². The summed E-state index contributed by atoms with van der Waals surface area (Å²) >= 11 is 1.08. The Labute approximate surface area is 101 Å². The maximum Gasteiger partial charge on any atom is 0.359 e. The van der Waals surface area contributed by atoms with Gasteiger partial charge >= 0.3 is 5.97 Å². The number of hydrogen-bond acceptors (Lipinski definition) is 6. The largest absolute Gasteiger partial charge is 0.461 e. The van der Waals surface area contributed by atoms with Crippen molar-refractivity contribution < 1.29 is 9.53 Å². The highest BCUT2D eigenvalue weighted by atomic mass is 32.1. The monoisotopic (exact) mass is 251 g/mol. The summed E-state index contributed by atoms with van der Waals surface area (Å²) in [6, 6.07) is 0. The van der Waals surface area contributed by atoms with E-state index < -0.39 is 5.97 Å². The van der Waals surface area contributed by atoms with Crippen LogP contribution < -0.4 is 5.73 Å². The molecule has 0 atom stereocenters. The van der Waals surface area contributed by atoms with Gasteiger partial charge in [0.05, 0.1) is 13.2 Å². The number of aromatic nitrogens is 1. The molecular weight excluding hydrogens is 242 g/mol. The first kappa shape index (κ1) is 12.8. The van der Waals surface area contributed by atoms with Crippen molar-refractivity contribution in [3.05, 3.63) is 21.0 Å². The molecule has 0 amide bonds. The lowest BCUT2D eigenvalue weighted by atomic mass is 10.3. The van der Waals surface area contributed by atoms with Crippen LogP contribution in [0, 0.1) is 11.8 Å². The average molecular weight is 251 g/mol. The topological polar surface area (TPSA) is 114 Å².